The molecule has 3 N–H and O–H groups in total. The van der Waals surface area contributed by atoms with Crippen LogP contribution in [0.5, 0.6) is 0 Å². The molecule has 1 aliphatic heterocycles. The molecular formula is C14H17N3O3. The summed E-state index contributed by atoms with van der Waals surface area (Å²) in [6, 6.07) is 6.43. The van der Waals surface area contributed by atoms with Crippen molar-refractivity contribution in [2.75, 3.05) is 12.3 Å². The zero-order chi connectivity index (χ0) is 14.7. The number of nitrogens with zero attached hydrogens (tertiary/aromatic N) is 1. The summed E-state index contributed by atoms with van der Waals surface area (Å²) in [6.45, 7) is 1.73. The minimum absolute atomic E-state index is 0.0780. The van der Waals surface area contributed by atoms with E-state index in [1.165, 1.54) is 4.90 Å². The summed E-state index contributed by atoms with van der Waals surface area (Å²) in [7, 11) is 0. The molecule has 1 aromatic carbocycles. The number of nitrogens with two attached hydrogens (primary N) is 1. The Kier molecular flexibility index (Phi) is 4.02. The number of imide groups is 1. The van der Waals surface area contributed by atoms with Crippen LogP contribution in [-0.4, -0.2) is 35.2 Å². The molecule has 2 rings (SSSR count). The Labute approximate surface area is 116 Å². The lowest BCUT2D eigenvalue weighted by Crippen LogP contribution is -2.59. The summed E-state index contributed by atoms with van der Waals surface area (Å²) in [5.74, 6) is -1.10. The van der Waals surface area contributed by atoms with E-state index in [2.05, 4.69) is 5.32 Å². The highest BCUT2D eigenvalue weighted by Crippen LogP contribution is 2.13. The van der Waals surface area contributed by atoms with Crippen molar-refractivity contribution in [2.45, 2.75) is 25.8 Å². The smallest absolute Gasteiger partial charge is 0.249 e. The number of carbonyl (C=O) groups excluding carboxylic acids is 3. The van der Waals surface area contributed by atoms with Crippen molar-refractivity contribution >= 4 is 23.4 Å². The molecule has 3 amide bonds. The molecule has 6 heteroatoms. The van der Waals surface area contributed by atoms with Gasteiger partial charge in [0.1, 0.15) is 12.6 Å². The summed E-state index contributed by atoms with van der Waals surface area (Å²) in [5.41, 5.74) is 7.01. The van der Waals surface area contributed by atoms with Gasteiger partial charge in [0, 0.05) is 5.69 Å². The number of rotatable bonds is 3. The van der Waals surface area contributed by atoms with Crippen molar-refractivity contribution in [3.63, 3.8) is 0 Å². The van der Waals surface area contributed by atoms with Crippen molar-refractivity contribution in [3.05, 3.63) is 29.8 Å². The maximum absolute atomic E-state index is 12.3. The van der Waals surface area contributed by atoms with Crippen molar-refractivity contribution in [2.24, 2.45) is 0 Å². The predicted octanol–water partition coefficient (Wildman–Crippen LogP) is 0.0749. The monoisotopic (exact) mass is 275 g/mol. The molecule has 6 nitrogen and oxygen atoms in total. The van der Waals surface area contributed by atoms with E-state index in [1.54, 1.807) is 31.2 Å². The highest BCUT2D eigenvalue weighted by atomic mass is 16.2. The second-order valence-electron chi connectivity index (χ2n) is 4.78. The van der Waals surface area contributed by atoms with Gasteiger partial charge in [0.15, 0.2) is 0 Å². The van der Waals surface area contributed by atoms with Crippen LogP contribution < -0.4 is 11.1 Å². The first-order valence-corrected chi connectivity index (χ1v) is 6.49. The van der Waals surface area contributed by atoms with Gasteiger partial charge in [-0.05, 0) is 24.1 Å². The Balaban J connectivity index is 2.14. The Morgan fingerprint density at radius 3 is 2.85 bits per heavy atom. The molecular weight excluding hydrogens is 258 g/mol. The number of benzene rings is 1. The fraction of sp³-hybridized carbons (Fsp3) is 0.357. The molecule has 1 heterocycles. The first-order chi connectivity index (χ1) is 9.51. The number of amides is 3. The van der Waals surface area contributed by atoms with Crippen LogP contribution in [0.25, 0.3) is 0 Å². The van der Waals surface area contributed by atoms with Crippen LogP contribution in [0.15, 0.2) is 24.3 Å². The second-order valence-corrected chi connectivity index (χ2v) is 4.78. The van der Waals surface area contributed by atoms with Gasteiger partial charge >= 0.3 is 0 Å². The van der Waals surface area contributed by atoms with Gasteiger partial charge in [0.2, 0.25) is 17.7 Å². The SMILES string of the molecule is CCC1C(=O)NC(=O)CN1C(=O)Cc1cccc(N)c1. The summed E-state index contributed by atoms with van der Waals surface area (Å²) in [6.07, 6.45) is 0.601. The molecule has 1 unspecified atom stereocenters. The summed E-state index contributed by atoms with van der Waals surface area (Å²) < 4.78 is 0. The van der Waals surface area contributed by atoms with Crippen LogP contribution in [-0.2, 0) is 20.8 Å². The van der Waals surface area contributed by atoms with E-state index in [4.69, 9.17) is 5.73 Å². The number of carbonyl (C=O) groups is 3. The first kappa shape index (κ1) is 14.0. The van der Waals surface area contributed by atoms with E-state index in [-0.39, 0.29) is 18.9 Å². The first-order valence-electron chi connectivity index (χ1n) is 6.49. The summed E-state index contributed by atoms with van der Waals surface area (Å²) in [4.78, 5) is 36.8. The molecule has 106 valence electrons. The van der Waals surface area contributed by atoms with E-state index in [1.807, 2.05) is 0 Å². The third kappa shape index (κ3) is 2.96. The average Bonchev–Trinajstić information content (AvgIpc) is 2.37. The van der Waals surface area contributed by atoms with Gasteiger partial charge in [-0.1, -0.05) is 19.1 Å². The fourth-order valence-electron chi connectivity index (χ4n) is 2.31. The number of nitrogens with one attached hydrogen (secondary N) is 1. The Hall–Kier alpha value is -2.37. The number of nitrogen functional groups attached to an aromatic ring is 1. The van der Waals surface area contributed by atoms with Gasteiger partial charge in [0.25, 0.3) is 0 Å². The molecule has 1 atom stereocenters. The van der Waals surface area contributed by atoms with Crippen LogP contribution in [0.3, 0.4) is 0 Å². The highest BCUT2D eigenvalue weighted by molar-refractivity contribution is 6.04. The quantitative estimate of drug-likeness (QED) is 0.603. The van der Waals surface area contributed by atoms with Crippen molar-refractivity contribution in [1.29, 1.82) is 0 Å². The lowest BCUT2D eigenvalue weighted by molar-refractivity contribution is -0.149. The predicted molar refractivity (Wildman–Crippen MR) is 73.5 cm³/mol. The number of anilines is 1. The van der Waals surface area contributed by atoms with E-state index in [0.29, 0.717) is 12.1 Å². The molecule has 0 bridgehead atoms. The highest BCUT2D eigenvalue weighted by Gasteiger charge is 2.35. The molecule has 0 saturated carbocycles. The number of hydrogen-bond acceptors (Lipinski definition) is 4. The number of hydrogen-bond donors (Lipinski definition) is 2. The summed E-state index contributed by atoms with van der Waals surface area (Å²) in [5, 5.41) is 2.25. The Morgan fingerprint density at radius 1 is 1.45 bits per heavy atom. The van der Waals surface area contributed by atoms with Crippen molar-refractivity contribution < 1.29 is 14.4 Å². The lowest BCUT2D eigenvalue weighted by atomic mass is 10.1. The van der Waals surface area contributed by atoms with Gasteiger partial charge in [-0.25, -0.2) is 0 Å². The van der Waals surface area contributed by atoms with E-state index in [0.717, 1.165) is 5.56 Å². The molecule has 0 radical (unpaired) electrons. The topological polar surface area (TPSA) is 92.5 Å². The van der Waals surface area contributed by atoms with Crippen LogP contribution in [0.4, 0.5) is 5.69 Å². The van der Waals surface area contributed by atoms with Crippen LogP contribution in [0, 0.1) is 0 Å². The van der Waals surface area contributed by atoms with Gasteiger partial charge in [-0.15, -0.1) is 0 Å². The molecule has 1 fully saturated rings. The Bertz CT molecular complexity index is 556. The van der Waals surface area contributed by atoms with Gasteiger partial charge < -0.3 is 10.6 Å². The summed E-state index contributed by atoms with van der Waals surface area (Å²) >= 11 is 0. The Morgan fingerprint density at radius 2 is 2.20 bits per heavy atom. The van der Waals surface area contributed by atoms with Gasteiger partial charge in [-0.2, -0.15) is 0 Å². The third-order valence-corrected chi connectivity index (χ3v) is 3.27. The molecule has 0 aromatic heterocycles. The maximum Gasteiger partial charge on any atom is 0.249 e. The van der Waals surface area contributed by atoms with E-state index in [9.17, 15) is 14.4 Å². The molecule has 1 aromatic rings. The minimum atomic E-state index is -0.582. The van der Waals surface area contributed by atoms with Gasteiger partial charge in [-0.3, -0.25) is 19.7 Å². The van der Waals surface area contributed by atoms with E-state index < -0.39 is 17.9 Å². The second kappa shape index (κ2) is 5.73. The molecule has 1 saturated heterocycles. The maximum atomic E-state index is 12.3. The van der Waals surface area contributed by atoms with E-state index >= 15 is 0 Å². The standard InChI is InChI=1S/C14H17N3O3/c1-2-11-14(20)16-12(18)8-17(11)13(19)7-9-4-3-5-10(15)6-9/h3-6,11H,2,7-8,15H2,1H3,(H,16,18,20). The molecule has 0 spiro atoms. The average molecular weight is 275 g/mol. The lowest BCUT2D eigenvalue weighted by Gasteiger charge is -2.33. The fourth-order valence-corrected chi connectivity index (χ4v) is 2.31. The number of piperazine rings is 1. The largest absolute Gasteiger partial charge is 0.399 e. The zero-order valence-electron chi connectivity index (χ0n) is 11.3. The van der Waals surface area contributed by atoms with Crippen LogP contribution >= 0.6 is 0 Å². The van der Waals surface area contributed by atoms with Gasteiger partial charge in [0.05, 0.1) is 6.42 Å². The van der Waals surface area contributed by atoms with Crippen molar-refractivity contribution in [3.8, 4) is 0 Å². The third-order valence-electron chi connectivity index (χ3n) is 3.27. The van der Waals surface area contributed by atoms with Crippen molar-refractivity contribution in [1.82, 2.24) is 10.2 Å². The minimum Gasteiger partial charge on any atom is -0.399 e. The van der Waals surface area contributed by atoms with Crippen LogP contribution in [0.2, 0.25) is 0 Å². The zero-order valence-corrected chi connectivity index (χ0v) is 11.3. The molecule has 20 heavy (non-hydrogen) atoms. The molecule has 0 aliphatic carbocycles. The molecule has 1 aliphatic rings. The van der Waals surface area contributed by atoms with Crippen LogP contribution in [0.1, 0.15) is 18.9 Å². The normalized spacial score (nSPS) is 18.9.